The highest BCUT2D eigenvalue weighted by molar-refractivity contribution is 5.91. The van der Waals surface area contributed by atoms with Crippen LogP contribution in [0, 0.1) is 12.7 Å². The second-order valence-corrected chi connectivity index (χ2v) is 5.87. The van der Waals surface area contributed by atoms with Gasteiger partial charge in [-0.05, 0) is 61.7 Å². The molecule has 3 aromatic rings. The summed E-state index contributed by atoms with van der Waals surface area (Å²) < 4.78 is 18.2. The second kappa shape index (κ2) is 7.71. The smallest absolute Gasteiger partial charge is 0.343 e. The summed E-state index contributed by atoms with van der Waals surface area (Å²) in [6, 6.07) is 17.2. The summed E-state index contributed by atoms with van der Waals surface area (Å²) >= 11 is 0. The van der Waals surface area contributed by atoms with Crippen molar-refractivity contribution in [2.24, 2.45) is 0 Å². The van der Waals surface area contributed by atoms with E-state index in [1.54, 1.807) is 36.5 Å². The number of nitrogens with zero attached hydrogens (tertiary/aromatic N) is 1. The number of halogens is 1. The standard InChI is InChI=1S/C21H18FNO2/c1-15-2-7-17(8-3-15)21(24)25-20-13-12-19(23-14-20)11-6-16-4-9-18(22)10-5-16/h2-5,7-10,12-14H,6,11H2,1H3. The van der Waals surface area contributed by atoms with Gasteiger partial charge in [0, 0.05) is 5.69 Å². The van der Waals surface area contributed by atoms with Gasteiger partial charge in [0.05, 0.1) is 11.8 Å². The number of aromatic nitrogens is 1. The predicted molar refractivity (Wildman–Crippen MR) is 94.2 cm³/mol. The van der Waals surface area contributed by atoms with Crippen LogP contribution >= 0.6 is 0 Å². The van der Waals surface area contributed by atoms with E-state index in [1.165, 1.54) is 12.1 Å². The maximum Gasteiger partial charge on any atom is 0.343 e. The van der Waals surface area contributed by atoms with Gasteiger partial charge in [-0.3, -0.25) is 4.98 Å². The van der Waals surface area contributed by atoms with Crippen LogP contribution in [-0.4, -0.2) is 11.0 Å². The first-order chi connectivity index (χ1) is 12.1. The molecule has 0 atom stereocenters. The van der Waals surface area contributed by atoms with E-state index in [2.05, 4.69) is 4.98 Å². The average molecular weight is 335 g/mol. The van der Waals surface area contributed by atoms with Crippen molar-refractivity contribution in [2.75, 3.05) is 0 Å². The third-order valence-corrected chi connectivity index (χ3v) is 3.88. The van der Waals surface area contributed by atoms with E-state index in [0.717, 1.165) is 29.7 Å². The molecule has 0 saturated heterocycles. The second-order valence-electron chi connectivity index (χ2n) is 5.87. The molecule has 0 unspecified atom stereocenters. The number of hydrogen-bond donors (Lipinski definition) is 0. The van der Waals surface area contributed by atoms with Crippen molar-refractivity contribution < 1.29 is 13.9 Å². The Labute approximate surface area is 146 Å². The highest BCUT2D eigenvalue weighted by Crippen LogP contribution is 2.14. The molecule has 1 aromatic heterocycles. The van der Waals surface area contributed by atoms with Crippen molar-refractivity contribution in [1.82, 2.24) is 4.98 Å². The van der Waals surface area contributed by atoms with E-state index in [-0.39, 0.29) is 5.82 Å². The normalized spacial score (nSPS) is 10.5. The third-order valence-electron chi connectivity index (χ3n) is 3.88. The number of aryl methyl sites for hydroxylation is 3. The number of hydrogen-bond acceptors (Lipinski definition) is 3. The molecule has 3 rings (SSSR count). The van der Waals surface area contributed by atoms with Gasteiger partial charge in [-0.15, -0.1) is 0 Å². The van der Waals surface area contributed by atoms with Crippen molar-refractivity contribution in [1.29, 1.82) is 0 Å². The first kappa shape index (κ1) is 16.8. The molecule has 0 aliphatic heterocycles. The van der Waals surface area contributed by atoms with Gasteiger partial charge < -0.3 is 4.74 Å². The lowest BCUT2D eigenvalue weighted by Crippen LogP contribution is -2.08. The monoisotopic (exact) mass is 335 g/mol. The van der Waals surface area contributed by atoms with Gasteiger partial charge in [0.1, 0.15) is 11.6 Å². The maximum atomic E-state index is 12.9. The number of carbonyl (C=O) groups is 1. The fraction of sp³-hybridized carbons (Fsp3) is 0.143. The molecular weight excluding hydrogens is 317 g/mol. The summed E-state index contributed by atoms with van der Waals surface area (Å²) in [4.78, 5) is 16.4. The summed E-state index contributed by atoms with van der Waals surface area (Å²) in [5.74, 6) is -0.224. The maximum absolute atomic E-state index is 12.9. The molecule has 126 valence electrons. The van der Waals surface area contributed by atoms with Gasteiger partial charge in [-0.2, -0.15) is 0 Å². The van der Waals surface area contributed by atoms with Crippen LogP contribution in [0.4, 0.5) is 4.39 Å². The Hall–Kier alpha value is -3.01. The van der Waals surface area contributed by atoms with Crippen molar-refractivity contribution >= 4 is 5.97 Å². The van der Waals surface area contributed by atoms with Crippen molar-refractivity contribution in [3.05, 3.63) is 95.1 Å². The van der Waals surface area contributed by atoms with Crippen LogP contribution in [0.3, 0.4) is 0 Å². The number of ether oxygens (including phenoxy) is 1. The number of rotatable bonds is 5. The Kier molecular flexibility index (Phi) is 5.19. The van der Waals surface area contributed by atoms with Gasteiger partial charge >= 0.3 is 5.97 Å². The van der Waals surface area contributed by atoms with E-state index in [9.17, 15) is 9.18 Å². The van der Waals surface area contributed by atoms with Gasteiger partial charge in [-0.1, -0.05) is 29.8 Å². The Morgan fingerprint density at radius 3 is 2.32 bits per heavy atom. The summed E-state index contributed by atoms with van der Waals surface area (Å²) in [5.41, 5.74) is 3.53. The van der Waals surface area contributed by atoms with Crippen molar-refractivity contribution in [3.8, 4) is 5.75 Å². The lowest BCUT2D eigenvalue weighted by Gasteiger charge is -2.06. The van der Waals surface area contributed by atoms with Crippen molar-refractivity contribution in [2.45, 2.75) is 19.8 Å². The van der Waals surface area contributed by atoms with Gasteiger partial charge in [-0.25, -0.2) is 9.18 Å². The molecule has 0 aliphatic rings. The molecular formula is C21H18FNO2. The van der Waals surface area contributed by atoms with Crippen LogP contribution < -0.4 is 4.74 Å². The van der Waals surface area contributed by atoms with E-state index in [1.807, 2.05) is 25.1 Å². The van der Waals surface area contributed by atoms with Gasteiger partial charge in [0.2, 0.25) is 0 Å². The summed E-state index contributed by atoms with van der Waals surface area (Å²) in [7, 11) is 0. The zero-order chi connectivity index (χ0) is 17.6. The molecule has 1 heterocycles. The molecule has 4 heteroatoms. The Bertz CT molecular complexity index is 841. The molecule has 0 spiro atoms. The molecule has 2 aromatic carbocycles. The molecule has 0 radical (unpaired) electrons. The number of benzene rings is 2. The topological polar surface area (TPSA) is 39.2 Å². The number of carbonyl (C=O) groups excluding carboxylic acids is 1. The van der Waals surface area contributed by atoms with Crippen LogP contribution in [0.1, 0.15) is 27.2 Å². The number of pyridine rings is 1. The first-order valence-corrected chi connectivity index (χ1v) is 8.08. The lowest BCUT2D eigenvalue weighted by molar-refractivity contribution is 0.0734. The van der Waals surface area contributed by atoms with Crippen LogP contribution in [-0.2, 0) is 12.8 Å². The average Bonchev–Trinajstić information content (AvgIpc) is 2.63. The fourth-order valence-electron chi connectivity index (χ4n) is 2.40. The molecule has 0 amide bonds. The molecule has 3 nitrogen and oxygen atoms in total. The largest absolute Gasteiger partial charge is 0.421 e. The Balaban J connectivity index is 1.57. The lowest BCUT2D eigenvalue weighted by atomic mass is 10.1. The minimum absolute atomic E-state index is 0.235. The highest BCUT2D eigenvalue weighted by Gasteiger charge is 2.08. The van der Waals surface area contributed by atoms with E-state index < -0.39 is 5.97 Å². The van der Waals surface area contributed by atoms with Gasteiger partial charge in [0.25, 0.3) is 0 Å². The van der Waals surface area contributed by atoms with Crippen LogP contribution in [0.15, 0.2) is 66.9 Å². The summed E-state index contributed by atoms with van der Waals surface area (Å²) in [5, 5.41) is 0. The molecule has 25 heavy (non-hydrogen) atoms. The highest BCUT2D eigenvalue weighted by atomic mass is 19.1. The summed E-state index contributed by atoms with van der Waals surface area (Å²) in [6.07, 6.45) is 3.06. The van der Waals surface area contributed by atoms with E-state index in [0.29, 0.717) is 11.3 Å². The molecule has 0 fully saturated rings. The zero-order valence-electron chi connectivity index (χ0n) is 13.9. The van der Waals surface area contributed by atoms with Gasteiger partial charge in [0.15, 0.2) is 0 Å². The van der Waals surface area contributed by atoms with Crippen molar-refractivity contribution in [3.63, 3.8) is 0 Å². The van der Waals surface area contributed by atoms with E-state index >= 15 is 0 Å². The summed E-state index contributed by atoms with van der Waals surface area (Å²) in [6.45, 7) is 1.96. The molecule has 0 bridgehead atoms. The van der Waals surface area contributed by atoms with E-state index in [4.69, 9.17) is 4.74 Å². The SMILES string of the molecule is Cc1ccc(C(=O)Oc2ccc(CCc3ccc(F)cc3)nc2)cc1. The predicted octanol–water partition coefficient (Wildman–Crippen LogP) is 4.53. The molecule has 0 saturated carbocycles. The Morgan fingerprint density at radius 2 is 1.68 bits per heavy atom. The minimum Gasteiger partial charge on any atom is -0.421 e. The van der Waals surface area contributed by atoms with Crippen LogP contribution in [0.5, 0.6) is 5.75 Å². The number of esters is 1. The zero-order valence-corrected chi connectivity index (χ0v) is 13.9. The molecule has 0 aliphatic carbocycles. The van der Waals surface area contributed by atoms with Crippen LogP contribution in [0.2, 0.25) is 0 Å². The fourth-order valence-corrected chi connectivity index (χ4v) is 2.40. The first-order valence-electron chi connectivity index (χ1n) is 8.08. The Morgan fingerprint density at radius 1 is 0.960 bits per heavy atom. The van der Waals surface area contributed by atoms with Crippen LogP contribution in [0.25, 0.3) is 0 Å². The molecule has 0 N–H and O–H groups in total. The minimum atomic E-state index is -0.402. The third kappa shape index (κ3) is 4.73. The quantitative estimate of drug-likeness (QED) is 0.643.